The van der Waals surface area contributed by atoms with Crippen LogP contribution in [0, 0.1) is 0 Å². The normalized spacial score (nSPS) is 16.5. The van der Waals surface area contributed by atoms with Gasteiger partial charge in [0.2, 0.25) is 0 Å². The first-order chi connectivity index (χ1) is 6.08. The summed E-state index contributed by atoms with van der Waals surface area (Å²) in [6.07, 6.45) is 0. The fourth-order valence-corrected chi connectivity index (χ4v) is 2.49. The van der Waals surface area contributed by atoms with Crippen LogP contribution in [0.1, 0.15) is 1.43 Å². The topological polar surface area (TPSA) is 161 Å². The van der Waals surface area contributed by atoms with Gasteiger partial charge in [-0.3, -0.25) is 9.11 Å². The van der Waals surface area contributed by atoms with Gasteiger partial charge in [-0.05, 0) is 0 Å². The molecule has 15 heavy (non-hydrogen) atoms. The Bertz CT molecular complexity index is 383. The van der Waals surface area contributed by atoms with E-state index in [1.807, 2.05) is 0 Å². The molecule has 0 heterocycles. The first-order valence-electron chi connectivity index (χ1n) is 3.45. The molecule has 0 aromatic rings. The molecule has 0 aromatic carbocycles. The van der Waals surface area contributed by atoms with Gasteiger partial charge in [-0.25, -0.2) is 0 Å². The molecule has 0 fully saturated rings. The minimum absolute atomic E-state index is 0. The molecule has 0 radical (unpaired) electrons. The van der Waals surface area contributed by atoms with Crippen LogP contribution in [0.2, 0.25) is 0 Å². The third kappa shape index (κ3) is 7.60. The van der Waals surface area contributed by atoms with Gasteiger partial charge in [0.15, 0.2) is 0 Å². The van der Waals surface area contributed by atoms with Gasteiger partial charge in [-0.1, -0.05) is 0 Å². The van der Waals surface area contributed by atoms with Crippen LogP contribution in [0.5, 0.6) is 0 Å². The first kappa shape index (κ1) is 18.1. The molecule has 0 aliphatic rings. The van der Waals surface area contributed by atoms with E-state index in [0.29, 0.717) is 0 Å². The average Bonchev–Trinajstić information content (AvgIpc) is 1.79. The zero-order valence-corrected chi connectivity index (χ0v) is 11.7. The standard InChI is InChI=1S/C4H12N2O6S2.Na.H/c5-1-4(14(10,11)12)3(6)2-13(7,8)9;;/h3-4H,1-2,5-6H2,(H,7,8,9)(H,10,11,12);;/q;+1;-1. The second-order valence-corrected chi connectivity index (χ2v) is 5.83. The molecule has 0 aliphatic carbocycles. The van der Waals surface area contributed by atoms with Crippen molar-refractivity contribution in [2.75, 3.05) is 12.3 Å². The van der Waals surface area contributed by atoms with Crippen molar-refractivity contribution in [3.63, 3.8) is 0 Å². The van der Waals surface area contributed by atoms with Gasteiger partial charge in [0.05, 0.1) is 5.75 Å². The smallest absolute Gasteiger partial charge is 1.00 e. The van der Waals surface area contributed by atoms with Gasteiger partial charge in [0, 0.05) is 12.6 Å². The predicted octanol–water partition coefficient (Wildman–Crippen LogP) is -5.47. The van der Waals surface area contributed by atoms with Gasteiger partial charge in [-0.2, -0.15) is 16.8 Å². The van der Waals surface area contributed by atoms with Crippen LogP contribution < -0.4 is 41.0 Å². The Labute approximate surface area is 112 Å². The van der Waals surface area contributed by atoms with E-state index in [1.54, 1.807) is 0 Å². The van der Waals surface area contributed by atoms with Gasteiger partial charge >= 0.3 is 29.6 Å². The summed E-state index contributed by atoms with van der Waals surface area (Å²) in [5, 5.41) is -1.61. The monoisotopic (exact) mass is 272 g/mol. The maximum atomic E-state index is 10.6. The Hall–Kier alpha value is 0.740. The summed E-state index contributed by atoms with van der Waals surface area (Å²) >= 11 is 0. The zero-order chi connectivity index (χ0) is 11.6. The third-order valence-electron chi connectivity index (χ3n) is 1.50. The van der Waals surface area contributed by atoms with Crippen molar-refractivity contribution in [2.24, 2.45) is 11.5 Å². The molecule has 0 aromatic heterocycles. The van der Waals surface area contributed by atoms with Crippen LogP contribution in [0.25, 0.3) is 0 Å². The van der Waals surface area contributed by atoms with E-state index in [0.717, 1.165) is 0 Å². The maximum absolute atomic E-state index is 10.6. The molecule has 2 atom stereocenters. The Morgan fingerprint density at radius 2 is 1.60 bits per heavy atom. The van der Waals surface area contributed by atoms with E-state index < -0.39 is 43.8 Å². The molecule has 11 heteroatoms. The summed E-state index contributed by atoms with van der Waals surface area (Å²) in [7, 11) is -8.91. The minimum Gasteiger partial charge on any atom is -1.00 e. The summed E-state index contributed by atoms with van der Waals surface area (Å²) in [5.74, 6) is -0.978. The Kier molecular flexibility index (Phi) is 7.81. The fraction of sp³-hybridized carbons (Fsp3) is 1.00. The van der Waals surface area contributed by atoms with Crippen molar-refractivity contribution >= 4 is 20.2 Å². The van der Waals surface area contributed by atoms with Crippen LogP contribution in [0.15, 0.2) is 0 Å². The molecule has 0 aliphatic heterocycles. The van der Waals surface area contributed by atoms with E-state index in [9.17, 15) is 16.8 Å². The van der Waals surface area contributed by atoms with Crippen LogP contribution in [0.4, 0.5) is 0 Å². The molecular weight excluding hydrogens is 259 g/mol. The molecule has 6 N–H and O–H groups in total. The van der Waals surface area contributed by atoms with E-state index in [4.69, 9.17) is 20.6 Å². The second kappa shape index (κ2) is 6.47. The molecule has 0 saturated heterocycles. The molecular formula is C4H13N2NaO6S2. The van der Waals surface area contributed by atoms with Crippen LogP contribution in [-0.2, 0) is 20.2 Å². The zero-order valence-electron chi connectivity index (χ0n) is 9.07. The van der Waals surface area contributed by atoms with Crippen molar-refractivity contribution in [3.05, 3.63) is 0 Å². The number of rotatable bonds is 5. The van der Waals surface area contributed by atoms with Crippen LogP contribution in [-0.4, -0.2) is 49.5 Å². The average molecular weight is 272 g/mol. The van der Waals surface area contributed by atoms with E-state index in [-0.39, 0.29) is 31.0 Å². The van der Waals surface area contributed by atoms with Crippen molar-refractivity contribution in [1.82, 2.24) is 0 Å². The van der Waals surface area contributed by atoms with Crippen LogP contribution >= 0.6 is 0 Å². The van der Waals surface area contributed by atoms with E-state index in [1.165, 1.54) is 0 Å². The Morgan fingerprint density at radius 3 is 1.80 bits per heavy atom. The van der Waals surface area contributed by atoms with Crippen LogP contribution in [0.3, 0.4) is 0 Å². The molecule has 0 spiro atoms. The number of nitrogens with two attached hydrogens (primary N) is 2. The summed E-state index contributed by atoms with van der Waals surface area (Å²) in [5.41, 5.74) is 10.1. The minimum atomic E-state index is -4.51. The molecule has 88 valence electrons. The molecule has 8 nitrogen and oxygen atoms in total. The number of hydrogen-bond donors (Lipinski definition) is 4. The molecule has 2 unspecified atom stereocenters. The van der Waals surface area contributed by atoms with E-state index >= 15 is 0 Å². The molecule has 0 saturated carbocycles. The van der Waals surface area contributed by atoms with E-state index in [2.05, 4.69) is 0 Å². The third-order valence-corrected chi connectivity index (χ3v) is 3.61. The van der Waals surface area contributed by atoms with Crippen molar-refractivity contribution < 1.29 is 56.9 Å². The second-order valence-electron chi connectivity index (χ2n) is 2.70. The van der Waals surface area contributed by atoms with Crippen molar-refractivity contribution in [2.45, 2.75) is 11.3 Å². The van der Waals surface area contributed by atoms with Crippen molar-refractivity contribution in [1.29, 1.82) is 0 Å². The SMILES string of the molecule is NCC(C(N)CS(=O)(=O)O)S(=O)(=O)O.[H-].[Na+]. The molecule has 0 amide bonds. The van der Waals surface area contributed by atoms with Gasteiger partial charge in [-0.15, -0.1) is 0 Å². The largest absolute Gasteiger partial charge is 1.00 e. The predicted molar refractivity (Wildman–Crippen MR) is 49.9 cm³/mol. The molecule has 0 rings (SSSR count). The summed E-state index contributed by atoms with van der Waals surface area (Å²) in [6.45, 7) is -0.532. The Morgan fingerprint density at radius 1 is 1.20 bits per heavy atom. The summed E-state index contributed by atoms with van der Waals surface area (Å²) in [4.78, 5) is 0. The number of hydrogen-bond acceptors (Lipinski definition) is 6. The maximum Gasteiger partial charge on any atom is 1.00 e. The Balaban J connectivity index is -0.000000845. The van der Waals surface area contributed by atoms with Gasteiger partial charge in [0.25, 0.3) is 20.2 Å². The first-order valence-corrected chi connectivity index (χ1v) is 6.56. The summed E-state index contributed by atoms with van der Waals surface area (Å²) < 4.78 is 58.9. The van der Waals surface area contributed by atoms with Gasteiger partial charge in [0.1, 0.15) is 5.25 Å². The van der Waals surface area contributed by atoms with Gasteiger partial charge < -0.3 is 12.9 Å². The fourth-order valence-electron chi connectivity index (χ4n) is 0.868. The quantitative estimate of drug-likeness (QED) is 0.285. The summed E-state index contributed by atoms with van der Waals surface area (Å²) in [6, 6.07) is -1.47. The molecule has 0 bridgehead atoms. The van der Waals surface area contributed by atoms with Crippen molar-refractivity contribution in [3.8, 4) is 0 Å².